The van der Waals surface area contributed by atoms with Crippen LogP contribution >= 0.6 is 0 Å². The second-order valence-corrected chi connectivity index (χ2v) is 4.78. The molecule has 0 aromatic heterocycles. The van der Waals surface area contributed by atoms with E-state index in [9.17, 15) is 0 Å². The summed E-state index contributed by atoms with van der Waals surface area (Å²) in [5.41, 5.74) is 2.85. The number of hydrogen-bond acceptors (Lipinski definition) is 2. The Hall–Kier alpha value is -1.49. The Kier molecular flexibility index (Phi) is 4.37. The molecule has 1 atom stereocenters. The van der Waals surface area contributed by atoms with Crippen molar-refractivity contribution in [1.29, 1.82) is 5.26 Å². The molecule has 0 saturated heterocycles. The quantitative estimate of drug-likeness (QED) is 0.832. The Balaban J connectivity index is 2.84. The Morgan fingerprint density at radius 3 is 2.56 bits per heavy atom. The lowest BCUT2D eigenvalue weighted by Crippen LogP contribution is -2.18. The molecule has 86 valence electrons. The van der Waals surface area contributed by atoms with E-state index >= 15 is 0 Å². The van der Waals surface area contributed by atoms with Gasteiger partial charge in [0.15, 0.2) is 0 Å². The van der Waals surface area contributed by atoms with E-state index in [2.05, 4.69) is 32.2 Å². The van der Waals surface area contributed by atoms with Gasteiger partial charge in [-0.3, -0.25) is 0 Å². The van der Waals surface area contributed by atoms with Crippen molar-refractivity contribution >= 4 is 5.69 Å². The summed E-state index contributed by atoms with van der Waals surface area (Å²) in [6.07, 6.45) is 1.11. The summed E-state index contributed by atoms with van der Waals surface area (Å²) in [7, 11) is 0. The molecular formula is C14H20N2. The number of anilines is 1. The van der Waals surface area contributed by atoms with Crippen LogP contribution in [0.15, 0.2) is 18.2 Å². The molecule has 0 fully saturated rings. The summed E-state index contributed by atoms with van der Waals surface area (Å²) in [5, 5.41) is 12.5. The van der Waals surface area contributed by atoms with Crippen molar-refractivity contribution < 1.29 is 0 Å². The molecule has 0 aliphatic rings. The zero-order valence-corrected chi connectivity index (χ0v) is 10.5. The second kappa shape index (κ2) is 5.55. The van der Waals surface area contributed by atoms with E-state index in [-0.39, 0.29) is 0 Å². The van der Waals surface area contributed by atoms with Crippen LogP contribution in [-0.2, 0) is 0 Å². The summed E-state index contributed by atoms with van der Waals surface area (Å²) >= 11 is 0. The van der Waals surface area contributed by atoms with E-state index < -0.39 is 0 Å². The van der Waals surface area contributed by atoms with Gasteiger partial charge in [0, 0.05) is 6.04 Å². The SMILES string of the molecule is Cc1cccc(C#N)c1NC(C)CC(C)C. The lowest BCUT2D eigenvalue weighted by atomic mass is 10.0. The lowest BCUT2D eigenvalue weighted by Gasteiger charge is -2.19. The summed E-state index contributed by atoms with van der Waals surface area (Å²) in [5.74, 6) is 0.664. The van der Waals surface area contributed by atoms with Crippen LogP contribution < -0.4 is 5.32 Å². The first-order valence-electron chi connectivity index (χ1n) is 5.80. The molecule has 0 saturated carbocycles. The summed E-state index contributed by atoms with van der Waals surface area (Å²) in [6.45, 7) is 8.61. The van der Waals surface area contributed by atoms with Gasteiger partial charge in [0.1, 0.15) is 6.07 Å². The van der Waals surface area contributed by atoms with E-state index in [1.807, 2.05) is 25.1 Å². The number of hydrogen-bond donors (Lipinski definition) is 1. The van der Waals surface area contributed by atoms with Crippen LogP contribution in [0.25, 0.3) is 0 Å². The molecule has 1 rings (SSSR count). The molecule has 0 spiro atoms. The fraction of sp³-hybridized carbons (Fsp3) is 0.500. The van der Waals surface area contributed by atoms with Crippen LogP contribution in [0.1, 0.15) is 38.3 Å². The Bertz CT molecular complexity index is 388. The van der Waals surface area contributed by atoms with Crippen LogP contribution in [0.2, 0.25) is 0 Å². The van der Waals surface area contributed by atoms with Crippen molar-refractivity contribution in [2.45, 2.75) is 40.2 Å². The standard InChI is InChI=1S/C14H20N2/c1-10(2)8-12(4)16-14-11(3)6-5-7-13(14)9-15/h5-7,10,12,16H,8H2,1-4H3. The molecule has 0 radical (unpaired) electrons. The van der Waals surface area contributed by atoms with E-state index in [1.54, 1.807) is 0 Å². The van der Waals surface area contributed by atoms with Crippen molar-refractivity contribution in [1.82, 2.24) is 0 Å². The topological polar surface area (TPSA) is 35.8 Å². The minimum absolute atomic E-state index is 0.396. The highest BCUT2D eigenvalue weighted by Crippen LogP contribution is 2.21. The van der Waals surface area contributed by atoms with Gasteiger partial charge in [0.2, 0.25) is 0 Å². The molecule has 2 heteroatoms. The number of aryl methyl sites for hydroxylation is 1. The van der Waals surface area contributed by atoms with Gasteiger partial charge in [-0.05, 0) is 37.8 Å². The van der Waals surface area contributed by atoms with Gasteiger partial charge in [-0.25, -0.2) is 0 Å². The van der Waals surface area contributed by atoms with E-state index in [1.165, 1.54) is 0 Å². The second-order valence-electron chi connectivity index (χ2n) is 4.78. The third-order valence-corrected chi connectivity index (χ3v) is 2.61. The van der Waals surface area contributed by atoms with Crippen LogP contribution in [0, 0.1) is 24.2 Å². The van der Waals surface area contributed by atoms with Crippen molar-refractivity contribution in [2.75, 3.05) is 5.32 Å². The summed E-state index contributed by atoms with van der Waals surface area (Å²) < 4.78 is 0. The number of nitrogens with zero attached hydrogens (tertiary/aromatic N) is 1. The largest absolute Gasteiger partial charge is 0.381 e. The lowest BCUT2D eigenvalue weighted by molar-refractivity contribution is 0.539. The fourth-order valence-corrected chi connectivity index (χ4v) is 1.96. The fourth-order valence-electron chi connectivity index (χ4n) is 1.96. The molecule has 1 aromatic rings. The molecule has 0 heterocycles. The Morgan fingerprint density at radius 2 is 2.00 bits per heavy atom. The molecular weight excluding hydrogens is 196 g/mol. The van der Waals surface area contributed by atoms with Crippen LogP contribution in [0.5, 0.6) is 0 Å². The summed E-state index contributed by atoms with van der Waals surface area (Å²) in [6, 6.07) is 8.44. The first-order chi connectivity index (χ1) is 7.54. The monoisotopic (exact) mass is 216 g/mol. The van der Waals surface area contributed by atoms with E-state index in [4.69, 9.17) is 5.26 Å². The maximum Gasteiger partial charge on any atom is 0.101 e. The number of rotatable bonds is 4. The molecule has 1 unspecified atom stereocenters. The minimum atomic E-state index is 0.396. The molecule has 16 heavy (non-hydrogen) atoms. The highest BCUT2D eigenvalue weighted by Gasteiger charge is 2.09. The number of benzene rings is 1. The van der Waals surface area contributed by atoms with Crippen molar-refractivity contribution in [3.8, 4) is 6.07 Å². The molecule has 0 bridgehead atoms. The third kappa shape index (κ3) is 3.27. The van der Waals surface area contributed by atoms with Gasteiger partial charge in [-0.15, -0.1) is 0 Å². The highest BCUT2D eigenvalue weighted by atomic mass is 14.9. The molecule has 0 aliphatic heterocycles. The number of nitriles is 1. The van der Waals surface area contributed by atoms with Gasteiger partial charge < -0.3 is 5.32 Å². The van der Waals surface area contributed by atoms with Gasteiger partial charge in [-0.2, -0.15) is 5.26 Å². The van der Waals surface area contributed by atoms with Crippen LogP contribution in [0.3, 0.4) is 0 Å². The minimum Gasteiger partial charge on any atom is -0.381 e. The first-order valence-corrected chi connectivity index (χ1v) is 5.80. The normalized spacial score (nSPS) is 12.2. The molecule has 0 aliphatic carbocycles. The van der Waals surface area contributed by atoms with Gasteiger partial charge in [0.05, 0.1) is 11.3 Å². The predicted octanol–water partition coefficient (Wildman–Crippen LogP) is 3.71. The van der Waals surface area contributed by atoms with E-state index in [0.29, 0.717) is 12.0 Å². The Labute approximate surface area is 98.3 Å². The van der Waals surface area contributed by atoms with Gasteiger partial charge in [-0.1, -0.05) is 26.0 Å². The predicted molar refractivity (Wildman–Crippen MR) is 68.4 cm³/mol. The third-order valence-electron chi connectivity index (χ3n) is 2.61. The highest BCUT2D eigenvalue weighted by molar-refractivity contribution is 5.62. The average Bonchev–Trinajstić information content (AvgIpc) is 2.20. The smallest absolute Gasteiger partial charge is 0.101 e. The zero-order valence-electron chi connectivity index (χ0n) is 10.5. The molecule has 2 nitrogen and oxygen atoms in total. The van der Waals surface area contributed by atoms with Crippen molar-refractivity contribution in [3.05, 3.63) is 29.3 Å². The average molecular weight is 216 g/mol. The van der Waals surface area contributed by atoms with Crippen molar-refractivity contribution in [2.24, 2.45) is 5.92 Å². The summed E-state index contributed by atoms with van der Waals surface area (Å²) in [4.78, 5) is 0. The molecule has 1 N–H and O–H groups in total. The maximum atomic E-state index is 9.05. The van der Waals surface area contributed by atoms with Gasteiger partial charge in [0.25, 0.3) is 0 Å². The first kappa shape index (κ1) is 12.6. The number of para-hydroxylation sites is 1. The van der Waals surface area contributed by atoms with Crippen LogP contribution in [-0.4, -0.2) is 6.04 Å². The molecule has 0 amide bonds. The van der Waals surface area contributed by atoms with Crippen molar-refractivity contribution in [3.63, 3.8) is 0 Å². The van der Waals surface area contributed by atoms with Gasteiger partial charge >= 0.3 is 0 Å². The van der Waals surface area contributed by atoms with E-state index in [0.717, 1.165) is 23.2 Å². The van der Waals surface area contributed by atoms with Crippen LogP contribution in [0.4, 0.5) is 5.69 Å². The number of nitrogens with one attached hydrogen (secondary N) is 1. The zero-order chi connectivity index (χ0) is 12.1. The molecule has 1 aromatic carbocycles. The maximum absolute atomic E-state index is 9.05. The Morgan fingerprint density at radius 1 is 1.31 bits per heavy atom.